The summed E-state index contributed by atoms with van der Waals surface area (Å²) in [6, 6.07) is 0. The average molecular weight is 298 g/mol. The first kappa shape index (κ1) is 11.2. The van der Waals surface area contributed by atoms with Crippen LogP contribution in [0.15, 0.2) is 0 Å². The summed E-state index contributed by atoms with van der Waals surface area (Å²) in [5.74, 6) is 0. The Morgan fingerprint density at radius 1 is 1.58 bits per heavy atom. The fraction of sp³-hybridized carbons (Fsp3) is 1.00. The summed E-state index contributed by atoms with van der Waals surface area (Å²) in [5.41, 5.74) is 1.61. The van der Waals surface area contributed by atoms with E-state index in [0.29, 0.717) is 5.41 Å². The van der Waals surface area contributed by atoms with Crippen LogP contribution >= 0.6 is 31.8 Å². The van der Waals surface area contributed by atoms with Crippen LogP contribution in [0.2, 0.25) is 0 Å². The van der Waals surface area contributed by atoms with Crippen molar-refractivity contribution < 1.29 is 0 Å². The minimum atomic E-state index is 0.708. The number of rotatable bonds is 3. The largest absolute Gasteiger partial charge is 0.134 e. The molecule has 1 aliphatic carbocycles. The van der Waals surface area contributed by atoms with Crippen molar-refractivity contribution in [3.05, 3.63) is 0 Å². The van der Waals surface area contributed by atoms with E-state index in [1.807, 2.05) is 0 Å². The number of hydrogen-bond donors (Lipinski definition) is 0. The van der Waals surface area contributed by atoms with Gasteiger partial charge in [0.15, 0.2) is 0 Å². The summed E-state index contributed by atoms with van der Waals surface area (Å²) in [6.45, 7) is 2.32. The average Bonchev–Trinajstić information content (AvgIpc) is 2.05. The van der Waals surface area contributed by atoms with Gasteiger partial charge >= 0.3 is 0 Å². The zero-order valence-electron chi connectivity index (χ0n) is 7.98. The fourth-order valence-electron chi connectivity index (χ4n) is 2.45. The number of hydrogen-bond acceptors (Lipinski definition) is 0. The molecule has 0 N–H and O–H groups in total. The van der Waals surface area contributed by atoms with Crippen LogP contribution in [-0.2, 0) is 0 Å². The molecule has 0 aromatic heterocycles. The van der Waals surface area contributed by atoms with E-state index in [9.17, 15) is 0 Å². The molecule has 0 aromatic carbocycles. The van der Waals surface area contributed by atoms with E-state index in [2.05, 4.69) is 38.8 Å². The highest BCUT2D eigenvalue weighted by atomic mass is 127. The maximum absolute atomic E-state index is 3.02. The predicted octanol–water partition coefficient (Wildman–Crippen LogP) is 4.03. The SMILES string of the molecule is CCCC1(CI)CCCC(P)C1. The van der Waals surface area contributed by atoms with Crippen LogP contribution in [-0.4, -0.2) is 10.1 Å². The molecule has 0 nitrogen and oxygen atoms in total. The minimum Gasteiger partial charge on any atom is -0.134 e. The highest BCUT2D eigenvalue weighted by molar-refractivity contribution is 14.1. The molecule has 3 atom stereocenters. The summed E-state index contributed by atoms with van der Waals surface area (Å²) in [6.07, 6.45) is 8.63. The van der Waals surface area contributed by atoms with Crippen molar-refractivity contribution in [3.63, 3.8) is 0 Å². The fourth-order valence-corrected chi connectivity index (χ4v) is 4.26. The first-order valence-corrected chi connectivity index (χ1v) is 7.23. The lowest BCUT2D eigenvalue weighted by molar-refractivity contribution is 0.213. The molecule has 0 aromatic rings. The smallest absolute Gasteiger partial charge is 0.00522 e. The molecule has 72 valence electrons. The topological polar surface area (TPSA) is 0 Å². The molecule has 2 heteroatoms. The highest BCUT2D eigenvalue weighted by Crippen LogP contribution is 2.43. The summed E-state index contributed by atoms with van der Waals surface area (Å²) in [5, 5.41) is 0. The molecule has 0 spiro atoms. The third-order valence-electron chi connectivity index (χ3n) is 3.04. The third-order valence-corrected chi connectivity index (χ3v) is 5.23. The van der Waals surface area contributed by atoms with Crippen molar-refractivity contribution in [2.75, 3.05) is 4.43 Å². The van der Waals surface area contributed by atoms with Crippen LogP contribution < -0.4 is 0 Å². The molecular weight excluding hydrogens is 278 g/mol. The summed E-state index contributed by atoms with van der Waals surface area (Å²) in [7, 11) is 3.02. The van der Waals surface area contributed by atoms with Crippen LogP contribution in [0.25, 0.3) is 0 Å². The highest BCUT2D eigenvalue weighted by Gasteiger charge is 2.32. The van der Waals surface area contributed by atoms with Gasteiger partial charge in [-0.1, -0.05) is 42.4 Å². The van der Waals surface area contributed by atoms with Gasteiger partial charge in [0.05, 0.1) is 0 Å². The molecule has 0 saturated heterocycles. The Morgan fingerprint density at radius 3 is 2.83 bits per heavy atom. The molecule has 0 bridgehead atoms. The maximum atomic E-state index is 3.02. The molecule has 0 radical (unpaired) electrons. The number of halogens is 1. The van der Waals surface area contributed by atoms with Crippen molar-refractivity contribution in [3.8, 4) is 0 Å². The van der Waals surface area contributed by atoms with Gasteiger partial charge in [-0.15, -0.1) is 9.24 Å². The van der Waals surface area contributed by atoms with Crippen LogP contribution in [0.1, 0.15) is 45.4 Å². The number of alkyl halides is 1. The molecule has 12 heavy (non-hydrogen) atoms. The van der Waals surface area contributed by atoms with Gasteiger partial charge in [0, 0.05) is 4.43 Å². The van der Waals surface area contributed by atoms with Gasteiger partial charge in [-0.3, -0.25) is 0 Å². The van der Waals surface area contributed by atoms with E-state index >= 15 is 0 Å². The van der Waals surface area contributed by atoms with Crippen molar-refractivity contribution in [2.45, 2.75) is 51.1 Å². The molecule has 0 aliphatic heterocycles. The Kier molecular flexibility index (Phi) is 4.82. The van der Waals surface area contributed by atoms with Crippen molar-refractivity contribution >= 4 is 31.8 Å². The normalized spacial score (nSPS) is 36.8. The predicted molar refractivity (Wildman–Crippen MR) is 68.2 cm³/mol. The maximum Gasteiger partial charge on any atom is 0.00522 e. The zero-order valence-corrected chi connectivity index (χ0v) is 11.3. The molecule has 3 unspecified atom stereocenters. The lowest BCUT2D eigenvalue weighted by atomic mass is 9.73. The van der Waals surface area contributed by atoms with Crippen LogP contribution in [0.5, 0.6) is 0 Å². The lowest BCUT2D eigenvalue weighted by Crippen LogP contribution is -2.30. The zero-order chi connectivity index (χ0) is 9.03. The first-order valence-electron chi connectivity index (χ1n) is 5.04. The van der Waals surface area contributed by atoms with E-state index in [4.69, 9.17) is 0 Å². The molecule has 1 fully saturated rings. The summed E-state index contributed by atoms with van der Waals surface area (Å²) < 4.78 is 1.36. The monoisotopic (exact) mass is 298 g/mol. The Labute approximate surface area is 92.6 Å². The van der Waals surface area contributed by atoms with Crippen LogP contribution in [0, 0.1) is 5.41 Å². The van der Waals surface area contributed by atoms with Gasteiger partial charge in [0.2, 0.25) is 0 Å². The van der Waals surface area contributed by atoms with Gasteiger partial charge in [0.25, 0.3) is 0 Å². The van der Waals surface area contributed by atoms with Crippen molar-refractivity contribution in [1.29, 1.82) is 0 Å². The Morgan fingerprint density at radius 2 is 2.33 bits per heavy atom. The Balaban J connectivity index is 2.51. The Bertz CT molecular complexity index is 134. The molecular formula is C10H20IP. The lowest BCUT2D eigenvalue weighted by Gasteiger charge is -2.38. The summed E-state index contributed by atoms with van der Waals surface area (Å²) in [4.78, 5) is 0. The van der Waals surface area contributed by atoms with Crippen molar-refractivity contribution in [1.82, 2.24) is 0 Å². The summed E-state index contributed by atoms with van der Waals surface area (Å²) >= 11 is 2.58. The van der Waals surface area contributed by atoms with Gasteiger partial charge < -0.3 is 0 Å². The Hall–Kier alpha value is 1.16. The van der Waals surface area contributed by atoms with E-state index in [1.54, 1.807) is 0 Å². The van der Waals surface area contributed by atoms with E-state index in [1.165, 1.54) is 43.0 Å². The van der Waals surface area contributed by atoms with Gasteiger partial charge in [0.1, 0.15) is 0 Å². The van der Waals surface area contributed by atoms with Gasteiger partial charge in [-0.25, -0.2) is 0 Å². The molecule has 0 heterocycles. The molecule has 1 rings (SSSR count). The van der Waals surface area contributed by atoms with Crippen molar-refractivity contribution in [2.24, 2.45) is 5.41 Å². The standard InChI is InChI=1S/C10H20IP/c1-2-5-10(8-11)6-3-4-9(12)7-10/h9H,2-8,12H2,1H3. The third kappa shape index (κ3) is 2.83. The quantitative estimate of drug-likeness (QED) is 0.419. The van der Waals surface area contributed by atoms with Gasteiger partial charge in [-0.05, 0) is 36.8 Å². The van der Waals surface area contributed by atoms with Crippen LogP contribution in [0.3, 0.4) is 0 Å². The second-order valence-electron chi connectivity index (χ2n) is 4.24. The van der Waals surface area contributed by atoms with Gasteiger partial charge in [-0.2, -0.15) is 0 Å². The van der Waals surface area contributed by atoms with E-state index in [-0.39, 0.29) is 0 Å². The first-order chi connectivity index (χ1) is 5.72. The van der Waals surface area contributed by atoms with E-state index < -0.39 is 0 Å². The minimum absolute atomic E-state index is 0.708. The molecule has 0 amide bonds. The second kappa shape index (κ2) is 5.14. The second-order valence-corrected chi connectivity index (χ2v) is 5.95. The van der Waals surface area contributed by atoms with Crippen LogP contribution in [0.4, 0.5) is 0 Å². The van der Waals surface area contributed by atoms with E-state index in [0.717, 1.165) is 5.66 Å². The molecule has 1 saturated carbocycles. The molecule has 1 aliphatic rings.